The Hall–Kier alpha value is -5.07. The van der Waals surface area contributed by atoms with Crippen molar-refractivity contribution >= 4 is 41.9 Å². The summed E-state index contributed by atoms with van der Waals surface area (Å²) in [6.07, 6.45) is -11.3. The molecule has 2 bridgehead atoms. The summed E-state index contributed by atoms with van der Waals surface area (Å²) in [5.74, 6) is -6.47. The van der Waals surface area contributed by atoms with Gasteiger partial charge in [-0.3, -0.25) is 14.4 Å². The number of hydrogen-bond donors (Lipinski definition) is 3. The van der Waals surface area contributed by atoms with Gasteiger partial charge in [0.15, 0.2) is 17.5 Å². The Bertz CT molecular complexity index is 2090. The number of ketones is 1. The fraction of sp³-hybridized carbons (Fsp3) is 0.659. The number of ether oxygens (including phenoxy) is 8. The smallest absolute Gasteiger partial charge is 0.455 e. The predicted octanol–water partition coefficient (Wildman–Crippen LogP) is 3.66. The van der Waals surface area contributed by atoms with Gasteiger partial charge in [0.2, 0.25) is 6.10 Å². The molecule has 2 heterocycles. The molecule has 18 nitrogen and oxygen atoms in total. The Labute approximate surface area is 359 Å². The molecular formula is C44H57NO17. The van der Waals surface area contributed by atoms with Gasteiger partial charge in [0, 0.05) is 25.2 Å². The van der Waals surface area contributed by atoms with Gasteiger partial charge in [-0.1, -0.05) is 32.0 Å². The minimum Gasteiger partial charge on any atom is -0.455 e. The van der Waals surface area contributed by atoms with Crippen LogP contribution in [0.4, 0.5) is 9.59 Å². The zero-order chi connectivity index (χ0) is 46.3. The minimum atomic E-state index is -2.48. The van der Waals surface area contributed by atoms with E-state index >= 15 is 4.79 Å². The van der Waals surface area contributed by atoms with Crippen LogP contribution in [0.15, 0.2) is 41.5 Å². The standard InChI is InChI=1S/C44H57NO17/c1-21-26-27(57-22(2)46)31(48)42(11)24(47)18-25-43(20-56-25,62-37(53)55-12)29(42)32(59-33(49)23-16-14-13-15-17-23)44(54,40(26,8)9)19-41(21,10)60-34(50)28-30(39(6,7)35(51)58-28)45-36(52)61-38(3,4)5/h13-17,24-25,27-30,32,47,54H,18-20H2,1-12H3,(H,45,52)/t24?,25-,27-,28?,29?,30-,32+,41-,42-,43+,44-/m1/s1. The fourth-order valence-corrected chi connectivity index (χ4v) is 10.2. The molecular weight excluding hydrogens is 814 g/mol. The number of hydrogen-bond acceptors (Lipinski definition) is 17. The molecule has 1 aromatic carbocycles. The molecule has 0 aromatic heterocycles. The molecule has 2 saturated heterocycles. The van der Waals surface area contributed by atoms with E-state index in [0.29, 0.717) is 0 Å². The van der Waals surface area contributed by atoms with Crippen LogP contribution in [0.5, 0.6) is 0 Å². The average molecular weight is 872 g/mol. The molecule has 1 aromatic rings. The second-order valence-electron chi connectivity index (χ2n) is 19.5. The van der Waals surface area contributed by atoms with Crippen molar-refractivity contribution in [3.05, 3.63) is 47.0 Å². The van der Waals surface area contributed by atoms with Gasteiger partial charge in [0.05, 0.1) is 48.2 Å². The number of Topliss-reactive ketones (excluding diaryl/α,β-unsaturated/α-hetero) is 1. The molecule has 5 aliphatic rings. The number of nitrogens with one attached hydrogen (secondary N) is 1. The maximum Gasteiger partial charge on any atom is 0.508 e. The van der Waals surface area contributed by atoms with Crippen molar-refractivity contribution in [1.29, 1.82) is 0 Å². The number of carbonyl (C=O) groups is 7. The Morgan fingerprint density at radius 1 is 0.935 bits per heavy atom. The summed E-state index contributed by atoms with van der Waals surface area (Å²) in [5, 5.41) is 28.5. The molecule has 11 atom stereocenters. The topological polar surface area (TPSA) is 246 Å². The second-order valence-corrected chi connectivity index (χ2v) is 19.5. The molecule has 62 heavy (non-hydrogen) atoms. The lowest BCUT2D eigenvalue weighted by atomic mass is 9.44. The number of methoxy groups -OCH3 is 1. The normalized spacial score (nSPS) is 36.8. The quantitative estimate of drug-likeness (QED) is 0.201. The summed E-state index contributed by atoms with van der Waals surface area (Å²) >= 11 is 0. The molecule has 3 aliphatic carbocycles. The van der Waals surface area contributed by atoms with Crippen molar-refractivity contribution in [3.8, 4) is 0 Å². The van der Waals surface area contributed by atoms with E-state index < -0.39 is 136 Å². The highest BCUT2D eigenvalue weighted by atomic mass is 16.8. The Morgan fingerprint density at radius 3 is 2.11 bits per heavy atom. The van der Waals surface area contributed by atoms with E-state index in [1.165, 1.54) is 60.6 Å². The van der Waals surface area contributed by atoms with Crippen molar-refractivity contribution < 1.29 is 81.7 Å². The van der Waals surface area contributed by atoms with Crippen LogP contribution in [0.2, 0.25) is 0 Å². The molecule has 18 heteroatoms. The number of benzene rings is 1. The van der Waals surface area contributed by atoms with E-state index in [-0.39, 0.29) is 23.1 Å². The van der Waals surface area contributed by atoms with Crippen LogP contribution in [0.1, 0.15) is 99.4 Å². The van der Waals surface area contributed by atoms with Gasteiger partial charge < -0.3 is 53.4 Å². The highest BCUT2D eigenvalue weighted by Gasteiger charge is 2.79. The number of carbonyl (C=O) groups excluding carboxylic acids is 7. The number of aliphatic hydroxyl groups excluding tert-OH is 1. The van der Waals surface area contributed by atoms with Gasteiger partial charge in [0.25, 0.3) is 0 Å². The summed E-state index contributed by atoms with van der Waals surface area (Å²) in [7, 11) is 1.06. The van der Waals surface area contributed by atoms with Crippen molar-refractivity contribution in [2.75, 3.05) is 13.7 Å². The number of amides is 1. The molecule has 340 valence electrons. The maximum atomic E-state index is 15.6. The fourth-order valence-electron chi connectivity index (χ4n) is 10.2. The highest BCUT2D eigenvalue weighted by molar-refractivity contribution is 5.96. The monoisotopic (exact) mass is 871 g/mol. The SMILES string of the molecule is COC(=O)O[C@@]12CO[C@@H]1CC(O)[C@@]1(C)C(=O)[C@H](OC(C)=O)C3=C(C)[C@](C)(OC(=O)C4OC(=O)C(C)(C)[C@@H]4NC(=O)OC(C)(C)C)C[C@@](O)([C@@H](OC(=O)c4ccccc4)C12)C3(C)C. The number of fused-ring (bicyclic) bond motifs is 5. The summed E-state index contributed by atoms with van der Waals surface area (Å²) in [4.78, 5) is 97.0. The van der Waals surface area contributed by atoms with Gasteiger partial charge in [-0.15, -0.1) is 0 Å². The summed E-state index contributed by atoms with van der Waals surface area (Å²) < 4.78 is 46.3. The first-order valence-electron chi connectivity index (χ1n) is 20.4. The molecule has 6 rings (SSSR count). The molecule has 3 N–H and O–H groups in total. The molecule has 1 amide bonds. The molecule has 0 spiro atoms. The summed E-state index contributed by atoms with van der Waals surface area (Å²) in [5.41, 5.74) is -12.5. The van der Waals surface area contributed by atoms with Crippen LogP contribution in [0.3, 0.4) is 0 Å². The number of esters is 4. The van der Waals surface area contributed by atoms with Crippen molar-refractivity contribution in [3.63, 3.8) is 0 Å². The lowest BCUT2D eigenvalue weighted by molar-refractivity contribution is -0.345. The van der Waals surface area contributed by atoms with Crippen molar-refractivity contribution in [2.45, 2.75) is 148 Å². The third-order valence-electron chi connectivity index (χ3n) is 13.8. The first kappa shape index (κ1) is 46.4. The number of rotatable bonds is 7. The van der Waals surface area contributed by atoms with Crippen molar-refractivity contribution in [1.82, 2.24) is 5.32 Å². The Balaban J connectivity index is 1.58. The van der Waals surface area contributed by atoms with Crippen LogP contribution in [-0.2, 0) is 57.1 Å². The molecule has 0 radical (unpaired) electrons. The molecule has 2 saturated carbocycles. The second kappa shape index (κ2) is 15.3. The largest absolute Gasteiger partial charge is 0.508 e. The lowest BCUT2D eigenvalue weighted by Crippen LogP contribution is -2.82. The van der Waals surface area contributed by atoms with E-state index in [0.717, 1.165) is 14.0 Å². The maximum absolute atomic E-state index is 15.6. The highest BCUT2D eigenvalue weighted by Crippen LogP contribution is 2.65. The van der Waals surface area contributed by atoms with E-state index in [1.54, 1.807) is 39.0 Å². The first-order chi connectivity index (χ1) is 28.5. The Kier molecular flexibility index (Phi) is 11.5. The number of cyclic esters (lactones) is 1. The van der Waals surface area contributed by atoms with E-state index in [2.05, 4.69) is 5.32 Å². The van der Waals surface area contributed by atoms with Crippen LogP contribution in [0.25, 0.3) is 0 Å². The third-order valence-corrected chi connectivity index (χ3v) is 13.8. The van der Waals surface area contributed by atoms with Gasteiger partial charge in [0.1, 0.15) is 29.0 Å². The van der Waals surface area contributed by atoms with E-state index in [1.807, 2.05) is 0 Å². The van der Waals surface area contributed by atoms with E-state index in [9.17, 15) is 39.0 Å². The zero-order valence-corrected chi connectivity index (χ0v) is 37.1. The number of aliphatic hydroxyl groups is 2. The van der Waals surface area contributed by atoms with Gasteiger partial charge >= 0.3 is 36.1 Å². The summed E-state index contributed by atoms with van der Waals surface area (Å²) in [6.45, 7) is 15.8. The molecule has 4 fully saturated rings. The van der Waals surface area contributed by atoms with Crippen LogP contribution in [0, 0.1) is 22.2 Å². The predicted molar refractivity (Wildman–Crippen MR) is 212 cm³/mol. The van der Waals surface area contributed by atoms with Crippen LogP contribution < -0.4 is 5.32 Å². The van der Waals surface area contributed by atoms with Crippen LogP contribution in [-0.4, -0.2) is 125 Å². The third kappa shape index (κ3) is 7.20. The Morgan fingerprint density at radius 2 is 1.56 bits per heavy atom. The van der Waals surface area contributed by atoms with Gasteiger partial charge in [-0.25, -0.2) is 19.2 Å². The van der Waals surface area contributed by atoms with Crippen molar-refractivity contribution in [2.24, 2.45) is 22.2 Å². The molecule has 3 unspecified atom stereocenters. The zero-order valence-electron chi connectivity index (χ0n) is 37.1. The van der Waals surface area contributed by atoms with Gasteiger partial charge in [-0.05, 0) is 78.7 Å². The first-order valence-corrected chi connectivity index (χ1v) is 20.4. The minimum absolute atomic E-state index is 0.0358. The van der Waals surface area contributed by atoms with Gasteiger partial charge in [-0.2, -0.15) is 0 Å². The average Bonchev–Trinajstić information content (AvgIpc) is 3.38. The summed E-state index contributed by atoms with van der Waals surface area (Å²) in [6, 6.07) is 6.42. The number of alkyl carbamates (subject to hydrolysis) is 1. The van der Waals surface area contributed by atoms with Crippen LogP contribution >= 0.6 is 0 Å². The molecule has 2 aliphatic heterocycles. The lowest BCUT2D eigenvalue weighted by Gasteiger charge is -2.67. The van der Waals surface area contributed by atoms with E-state index in [4.69, 9.17) is 37.9 Å².